The Morgan fingerprint density at radius 1 is 1.33 bits per heavy atom. The lowest BCUT2D eigenvalue weighted by atomic mass is 10.1. The molecule has 148 valence electrons. The Morgan fingerprint density at radius 3 is 2.74 bits per heavy atom. The van der Waals surface area contributed by atoms with Crippen LogP contribution >= 0.6 is 23.5 Å². The van der Waals surface area contributed by atoms with E-state index < -0.39 is 0 Å². The summed E-state index contributed by atoms with van der Waals surface area (Å²) < 4.78 is 4.98. The van der Waals surface area contributed by atoms with Crippen LogP contribution in [0.25, 0.3) is 0 Å². The van der Waals surface area contributed by atoms with Crippen molar-refractivity contribution in [2.75, 3.05) is 44.3 Å². The van der Waals surface area contributed by atoms with E-state index in [1.807, 2.05) is 13.0 Å². The van der Waals surface area contributed by atoms with Crippen molar-refractivity contribution in [1.82, 2.24) is 15.1 Å². The zero-order valence-corrected chi connectivity index (χ0v) is 17.1. The summed E-state index contributed by atoms with van der Waals surface area (Å²) in [4.78, 5) is 45.3. The average Bonchev–Trinajstić information content (AvgIpc) is 3.03. The number of nitrogens with one attached hydrogen (secondary N) is 1. The highest BCUT2D eigenvalue weighted by molar-refractivity contribution is 8.04. The normalized spacial score (nSPS) is 24.7. The van der Waals surface area contributed by atoms with Crippen LogP contribution in [0.3, 0.4) is 0 Å². The number of hydrogen-bond acceptors (Lipinski definition) is 7. The van der Waals surface area contributed by atoms with E-state index in [2.05, 4.69) is 10.3 Å². The van der Waals surface area contributed by atoms with Crippen molar-refractivity contribution in [2.45, 2.75) is 19.2 Å². The highest BCUT2D eigenvalue weighted by Crippen LogP contribution is 2.38. The topological polar surface area (TPSA) is 91.3 Å². The lowest BCUT2D eigenvalue weighted by molar-refractivity contribution is -0.130. The number of carbonyl (C=O) groups is 3. The molecule has 2 atom stereocenters. The molecule has 0 aromatic heterocycles. The van der Waals surface area contributed by atoms with E-state index in [0.717, 1.165) is 4.91 Å². The van der Waals surface area contributed by atoms with Gasteiger partial charge < -0.3 is 19.9 Å². The van der Waals surface area contributed by atoms with Crippen LogP contribution < -0.4 is 5.32 Å². The molecule has 27 heavy (non-hydrogen) atoms. The average molecular weight is 413 g/mol. The van der Waals surface area contributed by atoms with Gasteiger partial charge in [-0.1, -0.05) is 6.08 Å². The number of thioether (sulfide) groups is 2. The summed E-state index contributed by atoms with van der Waals surface area (Å²) in [5.41, 5.74) is 0. The molecule has 3 aliphatic heterocycles. The number of piperazine rings is 1. The van der Waals surface area contributed by atoms with E-state index >= 15 is 0 Å². The van der Waals surface area contributed by atoms with Gasteiger partial charge in [0.1, 0.15) is 11.2 Å². The predicted molar refractivity (Wildman–Crippen MR) is 107 cm³/mol. The molecule has 0 aliphatic carbocycles. The Labute approximate surface area is 167 Å². The summed E-state index contributed by atoms with van der Waals surface area (Å²) in [6, 6.07) is 0. The molecule has 0 unspecified atom stereocenters. The van der Waals surface area contributed by atoms with Crippen molar-refractivity contribution < 1.29 is 19.1 Å². The van der Waals surface area contributed by atoms with Gasteiger partial charge in [0, 0.05) is 26.2 Å². The standard InChI is InChI=1S/C17H24N4O4S2/c1-3-25-17(24)21-6-4-20(5-7-21)14(22)10-26-9-13-18-15(23)12-8-11(2)27-16(12)19-13/h8,12,16H,3-7,9-10H2,1-2H3,(H,18,19,23)/t12-,16+/m1/s1. The Balaban J connectivity index is 1.40. The van der Waals surface area contributed by atoms with Crippen LogP contribution in [0.5, 0.6) is 0 Å². The maximum absolute atomic E-state index is 12.4. The Morgan fingerprint density at radius 2 is 2.04 bits per heavy atom. The van der Waals surface area contributed by atoms with Crippen LogP contribution in [0.15, 0.2) is 16.0 Å². The zero-order valence-electron chi connectivity index (χ0n) is 15.5. The summed E-state index contributed by atoms with van der Waals surface area (Å²) in [6.07, 6.45) is 1.63. The monoisotopic (exact) mass is 412 g/mol. The first-order valence-corrected chi connectivity index (χ1v) is 11.0. The Bertz CT molecular complexity index is 674. The van der Waals surface area contributed by atoms with Gasteiger partial charge >= 0.3 is 6.09 Å². The number of amides is 3. The quantitative estimate of drug-likeness (QED) is 0.728. The fourth-order valence-electron chi connectivity index (χ4n) is 3.11. The molecule has 0 aromatic rings. The van der Waals surface area contributed by atoms with E-state index in [1.54, 1.807) is 28.5 Å². The van der Waals surface area contributed by atoms with E-state index in [-0.39, 0.29) is 29.2 Å². The van der Waals surface area contributed by atoms with Gasteiger partial charge in [-0.3, -0.25) is 14.6 Å². The minimum absolute atomic E-state index is 0.0173. The summed E-state index contributed by atoms with van der Waals surface area (Å²) in [5, 5.41) is 2.77. The molecule has 3 amide bonds. The van der Waals surface area contributed by atoms with Gasteiger partial charge in [-0.25, -0.2) is 4.79 Å². The van der Waals surface area contributed by atoms with Gasteiger partial charge in [-0.15, -0.1) is 23.5 Å². The van der Waals surface area contributed by atoms with Gasteiger partial charge in [-0.2, -0.15) is 0 Å². The minimum Gasteiger partial charge on any atom is -0.450 e. The molecule has 0 spiro atoms. The van der Waals surface area contributed by atoms with Gasteiger partial charge in [0.15, 0.2) is 0 Å². The highest BCUT2D eigenvalue weighted by atomic mass is 32.2. The minimum atomic E-state index is -0.321. The maximum Gasteiger partial charge on any atom is 0.409 e. The number of fused-ring (bicyclic) bond motifs is 1. The molecule has 1 saturated heterocycles. The first kappa shape index (κ1) is 20.1. The van der Waals surface area contributed by atoms with Crippen LogP contribution in [0, 0.1) is 5.92 Å². The van der Waals surface area contributed by atoms with E-state index in [1.165, 1.54) is 11.8 Å². The van der Waals surface area contributed by atoms with Gasteiger partial charge in [0.2, 0.25) is 11.8 Å². The number of amidine groups is 1. The molecule has 3 aliphatic rings. The maximum atomic E-state index is 12.4. The van der Waals surface area contributed by atoms with Crippen LogP contribution in [-0.2, 0) is 14.3 Å². The molecule has 0 radical (unpaired) electrons. The lowest BCUT2D eigenvalue weighted by Crippen LogP contribution is -2.51. The number of rotatable bonds is 5. The van der Waals surface area contributed by atoms with Crippen LogP contribution in [-0.4, -0.2) is 83.2 Å². The Hall–Kier alpha value is -1.68. The van der Waals surface area contributed by atoms with Crippen molar-refractivity contribution >= 4 is 47.3 Å². The fraction of sp³-hybridized carbons (Fsp3) is 0.647. The third-order valence-corrected chi connectivity index (χ3v) is 6.58. The van der Waals surface area contributed by atoms with E-state index in [4.69, 9.17) is 4.74 Å². The van der Waals surface area contributed by atoms with E-state index in [0.29, 0.717) is 50.1 Å². The second kappa shape index (κ2) is 9.01. The van der Waals surface area contributed by atoms with Gasteiger partial charge in [0.25, 0.3) is 0 Å². The highest BCUT2D eigenvalue weighted by Gasteiger charge is 2.36. The molecular weight excluding hydrogens is 388 g/mol. The largest absolute Gasteiger partial charge is 0.450 e. The molecule has 1 fully saturated rings. The molecular formula is C17H24N4O4S2. The molecule has 0 saturated carbocycles. The van der Waals surface area contributed by atoms with Crippen molar-refractivity contribution in [3.8, 4) is 0 Å². The van der Waals surface area contributed by atoms with Crippen molar-refractivity contribution in [3.05, 3.63) is 11.0 Å². The third kappa shape index (κ3) is 4.98. The number of aliphatic imine (C=N–C) groups is 1. The predicted octanol–water partition coefficient (Wildman–Crippen LogP) is 1.14. The third-order valence-electron chi connectivity index (χ3n) is 4.50. The number of ether oxygens (including phenoxy) is 1. The summed E-state index contributed by atoms with van der Waals surface area (Å²) in [6.45, 7) is 6.13. The van der Waals surface area contributed by atoms with Crippen LogP contribution in [0.4, 0.5) is 4.79 Å². The SMILES string of the molecule is CCOC(=O)N1CCN(C(=O)CSCC2=N[C@H]3SC(C)=C[C@@H]3C(=O)N2)CC1. The number of carbonyl (C=O) groups excluding carboxylic acids is 3. The lowest BCUT2D eigenvalue weighted by Gasteiger charge is -2.34. The molecule has 3 rings (SSSR count). The first-order valence-electron chi connectivity index (χ1n) is 8.97. The molecule has 8 nitrogen and oxygen atoms in total. The Kier molecular flexibility index (Phi) is 6.69. The fourth-order valence-corrected chi connectivity index (χ4v) is 5.05. The van der Waals surface area contributed by atoms with Crippen LogP contribution in [0.1, 0.15) is 13.8 Å². The van der Waals surface area contributed by atoms with Gasteiger partial charge in [-0.05, 0) is 18.8 Å². The second-order valence-corrected chi connectivity index (χ2v) is 8.78. The second-order valence-electron chi connectivity index (χ2n) is 6.44. The number of nitrogens with zero attached hydrogens (tertiary/aromatic N) is 3. The summed E-state index contributed by atoms with van der Waals surface area (Å²) in [5.74, 6) is 1.31. The smallest absolute Gasteiger partial charge is 0.409 e. The molecule has 3 heterocycles. The van der Waals surface area contributed by atoms with Gasteiger partial charge in [0.05, 0.1) is 24.0 Å². The molecule has 10 heteroatoms. The number of allylic oxidation sites excluding steroid dienone is 1. The van der Waals surface area contributed by atoms with Crippen molar-refractivity contribution in [1.29, 1.82) is 0 Å². The first-order chi connectivity index (χ1) is 13.0. The summed E-state index contributed by atoms with van der Waals surface area (Å²) in [7, 11) is 0. The van der Waals surface area contributed by atoms with Crippen molar-refractivity contribution in [2.24, 2.45) is 10.9 Å². The molecule has 0 bridgehead atoms. The molecule has 1 N–H and O–H groups in total. The van der Waals surface area contributed by atoms with E-state index in [9.17, 15) is 14.4 Å². The number of hydrogen-bond donors (Lipinski definition) is 1. The zero-order chi connectivity index (χ0) is 19.4. The molecule has 0 aromatic carbocycles. The van der Waals surface area contributed by atoms with Crippen molar-refractivity contribution in [3.63, 3.8) is 0 Å². The van der Waals surface area contributed by atoms with Crippen LogP contribution in [0.2, 0.25) is 0 Å². The summed E-state index contributed by atoms with van der Waals surface area (Å²) >= 11 is 3.06.